The van der Waals surface area contributed by atoms with E-state index in [1.165, 1.54) is 6.92 Å². The molecular formula is C9H12N4O3. The summed E-state index contributed by atoms with van der Waals surface area (Å²) in [5, 5.41) is 31.6. The van der Waals surface area contributed by atoms with Crippen LogP contribution in [0.5, 0.6) is 0 Å². The van der Waals surface area contributed by atoms with Crippen molar-refractivity contribution in [2.45, 2.75) is 20.8 Å². The van der Waals surface area contributed by atoms with Crippen LogP contribution in [0.4, 0.5) is 5.69 Å². The fourth-order valence-electron chi connectivity index (χ4n) is 1.06. The SMILES string of the molecule is C/C(O)=C(/N=Nc1c(C)n[nH]c1C)C(=O)O. The number of hydrogen-bond acceptors (Lipinski definition) is 5. The second-order valence-electron chi connectivity index (χ2n) is 3.22. The van der Waals surface area contributed by atoms with Gasteiger partial charge in [-0.3, -0.25) is 5.10 Å². The summed E-state index contributed by atoms with van der Waals surface area (Å²) in [6, 6.07) is 0. The summed E-state index contributed by atoms with van der Waals surface area (Å²) in [6.45, 7) is 4.69. The summed E-state index contributed by atoms with van der Waals surface area (Å²) in [6.07, 6.45) is 0. The molecule has 16 heavy (non-hydrogen) atoms. The maximum absolute atomic E-state index is 10.7. The monoisotopic (exact) mass is 224 g/mol. The number of aromatic amines is 1. The van der Waals surface area contributed by atoms with Crippen LogP contribution in [-0.2, 0) is 4.79 Å². The number of aliphatic hydroxyl groups excluding tert-OH is 1. The van der Waals surface area contributed by atoms with Gasteiger partial charge in [0.2, 0.25) is 5.70 Å². The molecule has 0 saturated carbocycles. The molecule has 0 atom stereocenters. The zero-order chi connectivity index (χ0) is 12.3. The molecule has 0 aromatic carbocycles. The Morgan fingerprint density at radius 2 is 2.00 bits per heavy atom. The minimum atomic E-state index is -1.33. The van der Waals surface area contributed by atoms with E-state index in [-0.39, 0.29) is 0 Å². The first kappa shape index (κ1) is 11.9. The average Bonchev–Trinajstić information content (AvgIpc) is 2.47. The number of H-pyrrole nitrogens is 1. The Hall–Kier alpha value is -2.18. The van der Waals surface area contributed by atoms with E-state index in [0.29, 0.717) is 17.1 Å². The van der Waals surface area contributed by atoms with Crippen molar-refractivity contribution in [3.8, 4) is 0 Å². The summed E-state index contributed by atoms with van der Waals surface area (Å²) in [5.74, 6) is -1.72. The lowest BCUT2D eigenvalue weighted by molar-refractivity contribution is -0.132. The highest BCUT2D eigenvalue weighted by molar-refractivity contribution is 5.86. The minimum absolute atomic E-state index is 0.393. The normalized spacial score (nSPS) is 12.9. The zero-order valence-corrected chi connectivity index (χ0v) is 9.14. The van der Waals surface area contributed by atoms with Gasteiger partial charge in [-0.25, -0.2) is 4.79 Å². The van der Waals surface area contributed by atoms with E-state index in [4.69, 9.17) is 10.2 Å². The van der Waals surface area contributed by atoms with Crippen molar-refractivity contribution in [2.75, 3.05) is 0 Å². The van der Waals surface area contributed by atoms with E-state index in [1.807, 2.05) is 0 Å². The Morgan fingerprint density at radius 3 is 2.38 bits per heavy atom. The van der Waals surface area contributed by atoms with Crippen molar-refractivity contribution in [1.82, 2.24) is 10.2 Å². The molecule has 0 bridgehead atoms. The molecule has 0 spiro atoms. The van der Waals surface area contributed by atoms with Crippen LogP contribution in [0.25, 0.3) is 0 Å². The number of nitrogens with one attached hydrogen (secondary N) is 1. The van der Waals surface area contributed by atoms with E-state index in [0.717, 1.165) is 0 Å². The van der Waals surface area contributed by atoms with E-state index >= 15 is 0 Å². The van der Waals surface area contributed by atoms with Crippen molar-refractivity contribution in [3.05, 3.63) is 22.8 Å². The first-order valence-corrected chi connectivity index (χ1v) is 4.50. The van der Waals surface area contributed by atoms with E-state index in [2.05, 4.69) is 20.4 Å². The topological polar surface area (TPSA) is 111 Å². The van der Waals surface area contributed by atoms with Gasteiger partial charge >= 0.3 is 5.97 Å². The molecule has 3 N–H and O–H groups in total. The molecule has 0 aliphatic heterocycles. The van der Waals surface area contributed by atoms with Crippen LogP contribution in [0, 0.1) is 13.8 Å². The Kier molecular flexibility index (Phi) is 3.39. The molecule has 7 nitrogen and oxygen atoms in total. The van der Waals surface area contributed by atoms with Gasteiger partial charge in [0.15, 0.2) is 0 Å². The summed E-state index contributed by atoms with van der Waals surface area (Å²) < 4.78 is 0. The van der Waals surface area contributed by atoms with Crippen LogP contribution in [0.2, 0.25) is 0 Å². The lowest BCUT2D eigenvalue weighted by Gasteiger charge is -1.95. The summed E-state index contributed by atoms with van der Waals surface area (Å²) in [5.41, 5.74) is 1.28. The van der Waals surface area contributed by atoms with E-state index < -0.39 is 17.4 Å². The van der Waals surface area contributed by atoms with E-state index in [1.54, 1.807) is 13.8 Å². The number of rotatable bonds is 3. The van der Waals surface area contributed by atoms with Gasteiger partial charge in [-0.1, -0.05) is 0 Å². The number of carbonyl (C=O) groups is 1. The third-order valence-electron chi connectivity index (χ3n) is 1.88. The summed E-state index contributed by atoms with van der Waals surface area (Å²) in [4.78, 5) is 10.7. The van der Waals surface area contributed by atoms with Crippen molar-refractivity contribution in [2.24, 2.45) is 10.2 Å². The Bertz CT molecular complexity index is 450. The fraction of sp³-hybridized carbons (Fsp3) is 0.333. The predicted octanol–water partition coefficient (Wildman–Crippen LogP) is 1.98. The van der Waals surface area contributed by atoms with E-state index in [9.17, 15) is 4.79 Å². The average molecular weight is 224 g/mol. The molecule has 0 amide bonds. The highest BCUT2D eigenvalue weighted by Crippen LogP contribution is 2.21. The molecule has 0 aliphatic rings. The molecule has 0 saturated heterocycles. The maximum atomic E-state index is 10.7. The lowest BCUT2D eigenvalue weighted by atomic mass is 10.3. The predicted molar refractivity (Wildman–Crippen MR) is 55.5 cm³/mol. The van der Waals surface area contributed by atoms with Crippen molar-refractivity contribution in [3.63, 3.8) is 0 Å². The number of hydrogen-bond donors (Lipinski definition) is 3. The number of allylic oxidation sites excluding steroid dienone is 1. The van der Waals surface area contributed by atoms with Gasteiger partial charge in [0, 0.05) is 0 Å². The van der Waals surface area contributed by atoms with Gasteiger partial charge in [-0.2, -0.15) is 5.10 Å². The molecular weight excluding hydrogens is 212 g/mol. The summed E-state index contributed by atoms with van der Waals surface area (Å²) >= 11 is 0. The Morgan fingerprint density at radius 1 is 1.38 bits per heavy atom. The first-order valence-electron chi connectivity index (χ1n) is 4.50. The standard InChI is InChI=1S/C9H12N4O3/c1-4-7(5(2)11-10-4)12-13-8(6(3)14)9(15)16/h14H,1-3H3,(H,10,11)(H,15,16)/b8-6-,13-12?. The third kappa shape index (κ3) is 2.44. The van der Waals surface area contributed by atoms with Gasteiger partial charge in [-0.15, -0.1) is 10.2 Å². The second-order valence-corrected chi connectivity index (χ2v) is 3.22. The van der Waals surface area contributed by atoms with Crippen LogP contribution in [0.3, 0.4) is 0 Å². The number of aryl methyl sites for hydroxylation is 2. The highest BCUT2D eigenvalue weighted by atomic mass is 16.4. The number of nitrogens with zero attached hydrogens (tertiary/aromatic N) is 3. The molecule has 0 aliphatic carbocycles. The fourth-order valence-corrected chi connectivity index (χ4v) is 1.06. The van der Waals surface area contributed by atoms with Gasteiger partial charge in [0.05, 0.1) is 11.4 Å². The van der Waals surface area contributed by atoms with Crippen molar-refractivity contribution in [1.29, 1.82) is 0 Å². The number of aliphatic carboxylic acids is 1. The summed E-state index contributed by atoms with van der Waals surface area (Å²) in [7, 11) is 0. The number of aliphatic hydroxyl groups is 1. The van der Waals surface area contributed by atoms with Crippen molar-refractivity contribution < 1.29 is 15.0 Å². The number of carboxylic acid groups (broad SMARTS) is 1. The lowest BCUT2D eigenvalue weighted by Crippen LogP contribution is -2.00. The molecule has 1 heterocycles. The molecule has 0 fully saturated rings. The third-order valence-corrected chi connectivity index (χ3v) is 1.88. The van der Waals surface area contributed by atoms with Crippen LogP contribution < -0.4 is 0 Å². The molecule has 7 heteroatoms. The smallest absolute Gasteiger partial charge is 0.359 e. The number of aromatic nitrogens is 2. The van der Waals surface area contributed by atoms with Gasteiger partial charge in [-0.05, 0) is 20.8 Å². The van der Waals surface area contributed by atoms with Gasteiger partial charge in [0.25, 0.3) is 0 Å². The highest BCUT2D eigenvalue weighted by Gasteiger charge is 2.11. The number of azo groups is 1. The van der Waals surface area contributed by atoms with Crippen LogP contribution in [-0.4, -0.2) is 26.4 Å². The molecule has 1 aromatic heterocycles. The van der Waals surface area contributed by atoms with Crippen LogP contribution in [0.15, 0.2) is 21.7 Å². The van der Waals surface area contributed by atoms with Crippen LogP contribution in [0.1, 0.15) is 18.3 Å². The molecule has 86 valence electrons. The first-order chi connectivity index (χ1) is 7.43. The second kappa shape index (κ2) is 4.56. The van der Waals surface area contributed by atoms with Crippen LogP contribution >= 0.6 is 0 Å². The van der Waals surface area contributed by atoms with Gasteiger partial charge < -0.3 is 10.2 Å². The quantitative estimate of drug-likeness (QED) is 0.414. The zero-order valence-electron chi connectivity index (χ0n) is 9.14. The largest absolute Gasteiger partial charge is 0.510 e. The maximum Gasteiger partial charge on any atom is 0.359 e. The number of carboxylic acids is 1. The molecule has 0 radical (unpaired) electrons. The Labute approximate surface area is 91.5 Å². The Balaban J connectivity index is 3.06. The van der Waals surface area contributed by atoms with Crippen molar-refractivity contribution >= 4 is 11.7 Å². The molecule has 0 unspecified atom stereocenters. The molecule has 1 aromatic rings. The van der Waals surface area contributed by atoms with Gasteiger partial charge in [0.1, 0.15) is 11.4 Å². The molecule has 1 rings (SSSR count). The minimum Gasteiger partial charge on any atom is -0.510 e.